The first-order valence-corrected chi connectivity index (χ1v) is 5.81. The fourth-order valence-electron chi connectivity index (χ4n) is 2.27. The van der Waals surface area contributed by atoms with Gasteiger partial charge in [0.05, 0.1) is 12.7 Å². The van der Waals surface area contributed by atoms with Crippen molar-refractivity contribution in [3.63, 3.8) is 0 Å². The van der Waals surface area contributed by atoms with Crippen LogP contribution >= 0.6 is 0 Å². The van der Waals surface area contributed by atoms with Crippen LogP contribution in [0.1, 0.15) is 34.7 Å². The molecule has 0 saturated carbocycles. The van der Waals surface area contributed by atoms with Crippen LogP contribution < -0.4 is 5.32 Å². The largest absolute Gasteiger partial charge is 0.465 e. The van der Waals surface area contributed by atoms with Crippen molar-refractivity contribution in [3.05, 3.63) is 35.1 Å². The number of piperidine rings is 1. The van der Waals surface area contributed by atoms with E-state index in [2.05, 4.69) is 10.1 Å². The van der Waals surface area contributed by atoms with Crippen LogP contribution in [-0.2, 0) is 4.74 Å². The van der Waals surface area contributed by atoms with E-state index in [0.717, 1.165) is 25.9 Å². The molecule has 0 spiro atoms. The minimum absolute atomic E-state index is 0.0310. The zero-order valence-electron chi connectivity index (χ0n) is 9.83. The van der Waals surface area contributed by atoms with Crippen LogP contribution in [0.4, 0.5) is 4.39 Å². The number of halogens is 1. The maximum atomic E-state index is 14.2. The smallest absolute Gasteiger partial charge is 0.340 e. The van der Waals surface area contributed by atoms with Crippen molar-refractivity contribution in [1.29, 1.82) is 0 Å². The molecular weight excluding hydrogens is 221 g/mol. The molecule has 0 atom stereocenters. The molecule has 92 valence electrons. The second-order valence-electron chi connectivity index (χ2n) is 4.22. The highest BCUT2D eigenvalue weighted by molar-refractivity contribution is 5.89. The van der Waals surface area contributed by atoms with E-state index in [1.54, 1.807) is 12.1 Å². The molecule has 17 heavy (non-hydrogen) atoms. The van der Waals surface area contributed by atoms with Gasteiger partial charge in [0, 0.05) is 0 Å². The van der Waals surface area contributed by atoms with E-state index >= 15 is 0 Å². The molecular formula is C13H16FNO2. The normalized spacial score (nSPS) is 16.8. The van der Waals surface area contributed by atoms with E-state index in [0.29, 0.717) is 5.56 Å². The molecule has 1 fully saturated rings. The van der Waals surface area contributed by atoms with E-state index in [1.807, 2.05) is 0 Å². The summed E-state index contributed by atoms with van der Waals surface area (Å²) in [5.74, 6) is -0.842. The second kappa shape index (κ2) is 5.27. The van der Waals surface area contributed by atoms with Crippen LogP contribution in [0, 0.1) is 5.82 Å². The molecule has 4 heteroatoms. The minimum Gasteiger partial charge on any atom is -0.465 e. The summed E-state index contributed by atoms with van der Waals surface area (Å²) in [6, 6.07) is 4.94. The maximum Gasteiger partial charge on any atom is 0.340 e. The van der Waals surface area contributed by atoms with Gasteiger partial charge >= 0.3 is 5.97 Å². The van der Waals surface area contributed by atoms with Gasteiger partial charge in [0.2, 0.25) is 0 Å². The third-order valence-corrected chi connectivity index (χ3v) is 3.21. The number of hydrogen-bond donors (Lipinski definition) is 1. The summed E-state index contributed by atoms with van der Waals surface area (Å²) in [7, 11) is 1.26. The number of carbonyl (C=O) groups is 1. The van der Waals surface area contributed by atoms with Crippen molar-refractivity contribution < 1.29 is 13.9 Å². The Bertz CT molecular complexity index is 414. The molecule has 0 radical (unpaired) electrons. The third-order valence-electron chi connectivity index (χ3n) is 3.21. The summed E-state index contributed by atoms with van der Waals surface area (Å²) < 4.78 is 18.7. The highest BCUT2D eigenvalue weighted by Crippen LogP contribution is 2.28. The topological polar surface area (TPSA) is 38.3 Å². The van der Waals surface area contributed by atoms with Gasteiger partial charge in [-0.3, -0.25) is 0 Å². The Balaban J connectivity index is 2.31. The Morgan fingerprint density at radius 2 is 2.12 bits per heavy atom. The van der Waals surface area contributed by atoms with Gasteiger partial charge < -0.3 is 10.1 Å². The summed E-state index contributed by atoms with van der Waals surface area (Å²) in [6.07, 6.45) is 1.81. The van der Waals surface area contributed by atoms with Gasteiger partial charge in [0.1, 0.15) is 5.82 Å². The van der Waals surface area contributed by atoms with Gasteiger partial charge in [-0.05, 0) is 43.5 Å². The lowest BCUT2D eigenvalue weighted by atomic mass is 9.89. The number of carbonyl (C=O) groups excluding carboxylic acids is 1. The van der Waals surface area contributed by atoms with Gasteiger partial charge in [-0.15, -0.1) is 0 Å². The molecule has 1 saturated heterocycles. The molecule has 1 N–H and O–H groups in total. The van der Waals surface area contributed by atoms with Crippen LogP contribution in [-0.4, -0.2) is 26.2 Å². The second-order valence-corrected chi connectivity index (χ2v) is 4.22. The number of methoxy groups -OCH3 is 1. The fourth-order valence-corrected chi connectivity index (χ4v) is 2.27. The number of rotatable bonds is 2. The monoisotopic (exact) mass is 237 g/mol. The quantitative estimate of drug-likeness (QED) is 0.800. The molecule has 3 nitrogen and oxygen atoms in total. The number of esters is 1. The summed E-state index contributed by atoms with van der Waals surface area (Å²) >= 11 is 0. The standard InChI is InChI=1S/C13H16FNO2/c1-17-13(16)11-4-2-3-10(12(11)14)9-5-7-15-8-6-9/h2-4,9,15H,5-8H2,1H3. The molecule has 0 aliphatic carbocycles. The van der Waals surface area contributed by atoms with Crippen LogP contribution in [0.2, 0.25) is 0 Å². The van der Waals surface area contributed by atoms with Gasteiger partial charge in [-0.1, -0.05) is 12.1 Å². The van der Waals surface area contributed by atoms with E-state index in [4.69, 9.17) is 0 Å². The van der Waals surface area contributed by atoms with Crippen molar-refractivity contribution >= 4 is 5.97 Å². The molecule has 1 heterocycles. The lowest BCUT2D eigenvalue weighted by Gasteiger charge is -2.23. The molecule has 0 unspecified atom stereocenters. The van der Waals surface area contributed by atoms with E-state index in [9.17, 15) is 9.18 Å². The van der Waals surface area contributed by atoms with Crippen LogP contribution in [0.15, 0.2) is 18.2 Å². The number of hydrogen-bond acceptors (Lipinski definition) is 3. The Morgan fingerprint density at radius 1 is 1.41 bits per heavy atom. The average molecular weight is 237 g/mol. The highest BCUT2D eigenvalue weighted by atomic mass is 19.1. The average Bonchev–Trinajstić information content (AvgIpc) is 2.39. The number of ether oxygens (including phenoxy) is 1. The van der Waals surface area contributed by atoms with Gasteiger partial charge in [-0.2, -0.15) is 0 Å². The molecule has 1 aromatic carbocycles. The van der Waals surface area contributed by atoms with Crippen molar-refractivity contribution in [1.82, 2.24) is 5.32 Å². The first kappa shape index (κ1) is 12.0. The minimum atomic E-state index is -0.613. The van der Waals surface area contributed by atoms with Crippen molar-refractivity contribution in [3.8, 4) is 0 Å². The Labute approximate surface area is 100.0 Å². The SMILES string of the molecule is COC(=O)c1cccc(C2CCNCC2)c1F. The first-order valence-electron chi connectivity index (χ1n) is 5.81. The van der Waals surface area contributed by atoms with Gasteiger partial charge in [-0.25, -0.2) is 9.18 Å². The van der Waals surface area contributed by atoms with E-state index in [1.165, 1.54) is 13.2 Å². The third kappa shape index (κ3) is 2.47. The van der Waals surface area contributed by atoms with Crippen LogP contribution in [0.5, 0.6) is 0 Å². The summed E-state index contributed by atoms with van der Waals surface area (Å²) in [5, 5.41) is 3.24. The Kier molecular flexibility index (Phi) is 3.74. The zero-order chi connectivity index (χ0) is 12.3. The molecule has 0 aromatic heterocycles. The molecule has 2 rings (SSSR count). The molecule has 1 aliphatic rings. The van der Waals surface area contributed by atoms with Crippen LogP contribution in [0.25, 0.3) is 0 Å². The lowest BCUT2D eigenvalue weighted by molar-refractivity contribution is 0.0595. The van der Waals surface area contributed by atoms with Crippen molar-refractivity contribution in [2.45, 2.75) is 18.8 Å². The predicted octanol–water partition coefficient (Wildman–Crippen LogP) is 2.08. The summed E-state index contributed by atoms with van der Waals surface area (Å²) in [6.45, 7) is 1.79. The lowest BCUT2D eigenvalue weighted by Crippen LogP contribution is -2.27. The number of benzene rings is 1. The summed E-state index contributed by atoms with van der Waals surface area (Å²) in [5.41, 5.74) is 0.665. The maximum absolute atomic E-state index is 14.2. The Hall–Kier alpha value is -1.42. The van der Waals surface area contributed by atoms with E-state index < -0.39 is 11.8 Å². The van der Waals surface area contributed by atoms with Crippen molar-refractivity contribution in [2.75, 3.05) is 20.2 Å². The first-order chi connectivity index (χ1) is 8.24. The molecule has 1 aromatic rings. The highest BCUT2D eigenvalue weighted by Gasteiger charge is 2.22. The van der Waals surface area contributed by atoms with Crippen molar-refractivity contribution in [2.24, 2.45) is 0 Å². The van der Waals surface area contributed by atoms with Gasteiger partial charge in [0.15, 0.2) is 0 Å². The van der Waals surface area contributed by atoms with E-state index in [-0.39, 0.29) is 11.5 Å². The zero-order valence-corrected chi connectivity index (χ0v) is 9.83. The predicted molar refractivity (Wildman–Crippen MR) is 62.6 cm³/mol. The fraction of sp³-hybridized carbons (Fsp3) is 0.462. The molecule has 0 amide bonds. The van der Waals surface area contributed by atoms with Crippen LogP contribution in [0.3, 0.4) is 0 Å². The Morgan fingerprint density at radius 3 is 2.76 bits per heavy atom. The summed E-state index contributed by atoms with van der Waals surface area (Å²) in [4.78, 5) is 11.4. The van der Waals surface area contributed by atoms with Gasteiger partial charge in [0.25, 0.3) is 0 Å². The number of nitrogens with one attached hydrogen (secondary N) is 1. The molecule has 1 aliphatic heterocycles. The molecule has 0 bridgehead atoms.